The summed E-state index contributed by atoms with van der Waals surface area (Å²) in [5, 5.41) is 0. The van der Waals surface area contributed by atoms with Crippen LogP contribution in [0.1, 0.15) is 13.3 Å². The van der Waals surface area contributed by atoms with Crippen LogP contribution in [0.2, 0.25) is 0 Å². The summed E-state index contributed by atoms with van der Waals surface area (Å²) in [5.41, 5.74) is 0. The van der Waals surface area contributed by atoms with Gasteiger partial charge >= 0.3 is 0 Å². The molecule has 2 heteroatoms. The Hall–Kier alpha value is 0.0983. The van der Waals surface area contributed by atoms with Gasteiger partial charge in [-0.15, -0.1) is 0 Å². The molecule has 0 fully saturated rings. The first-order valence-electron chi connectivity index (χ1n) is 1.87. The van der Waals surface area contributed by atoms with Crippen LogP contribution in [-0.2, 0) is 25.9 Å². The van der Waals surface area contributed by atoms with Gasteiger partial charge in [0.25, 0.3) is 0 Å². The van der Waals surface area contributed by atoms with Gasteiger partial charge in [-0.1, -0.05) is 6.92 Å². The Morgan fingerprint density at radius 2 is 2.29 bits per heavy atom. The summed E-state index contributed by atoms with van der Waals surface area (Å²) in [6, 6.07) is 0. The molecule has 0 aromatic rings. The van der Waals surface area contributed by atoms with E-state index in [0.29, 0.717) is 6.42 Å². The number of ketones is 1. The fraction of sp³-hybridized carbons (Fsp3) is 0.400. The van der Waals surface area contributed by atoms with E-state index in [-0.39, 0.29) is 26.8 Å². The Labute approximate surface area is 58.1 Å². The third-order valence-corrected chi connectivity index (χ3v) is 0.518. The maximum atomic E-state index is 10.0. The molecule has 0 saturated carbocycles. The summed E-state index contributed by atoms with van der Waals surface area (Å²) < 4.78 is 0. The Morgan fingerprint density at radius 3 is 2.29 bits per heavy atom. The molecule has 0 aromatic heterocycles. The average molecular weight is 267 g/mol. The fourth-order valence-electron chi connectivity index (χ4n) is 0.125. The van der Waals surface area contributed by atoms with Gasteiger partial charge in [0.2, 0.25) is 0 Å². The van der Waals surface area contributed by atoms with Crippen LogP contribution in [0.15, 0.2) is 6.58 Å². The van der Waals surface area contributed by atoms with Crippen molar-refractivity contribution < 1.29 is 25.9 Å². The normalized spacial score (nSPS) is 6.43. The first kappa shape index (κ1) is 10.2. The number of Topliss-reactive ketones (excluding diaryl/α,β-unsaturated/α-hetero) is 1. The molecule has 0 spiro atoms. The Bertz CT molecular complexity index is 68.5. The smallest absolute Gasteiger partial charge is 0 e. The van der Waals surface area contributed by atoms with Crippen molar-refractivity contribution in [3.05, 3.63) is 12.7 Å². The number of allylic oxidation sites excluding steroid dienone is 1. The van der Waals surface area contributed by atoms with Gasteiger partial charge in [0.15, 0.2) is 0 Å². The molecule has 0 saturated heterocycles. The van der Waals surface area contributed by atoms with E-state index in [0.717, 1.165) is 0 Å². The van der Waals surface area contributed by atoms with Crippen molar-refractivity contribution in [1.82, 2.24) is 0 Å². The van der Waals surface area contributed by atoms with Gasteiger partial charge in [-0.25, -0.2) is 0 Å². The van der Waals surface area contributed by atoms with Crippen molar-refractivity contribution in [3.63, 3.8) is 0 Å². The number of hydrogen-bond donors (Lipinski definition) is 0. The van der Waals surface area contributed by atoms with Crippen LogP contribution in [0, 0.1) is 6.08 Å². The number of carbonyl (C=O) groups excluding carboxylic acids is 1. The van der Waals surface area contributed by atoms with Crippen molar-refractivity contribution in [2.75, 3.05) is 0 Å². The molecule has 0 bridgehead atoms. The summed E-state index contributed by atoms with van der Waals surface area (Å²) in [6.45, 7) is 4.94. The third kappa shape index (κ3) is 6.10. The minimum absolute atomic E-state index is 0. The molecule has 0 unspecified atom stereocenters. The Kier molecular flexibility index (Phi) is 8.85. The number of carbonyl (C=O) groups is 1. The van der Waals surface area contributed by atoms with Crippen LogP contribution in [0.4, 0.5) is 0 Å². The molecule has 40 valence electrons. The summed E-state index contributed by atoms with van der Waals surface area (Å²) in [4.78, 5) is 10.0. The van der Waals surface area contributed by atoms with E-state index < -0.39 is 0 Å². The van der Waals surface area contributed by atoms with Crippen molar-refractivity contribution in [1.29, 1.82) is 0 Å². The van der Waals surface area contributed by atoms with Crippen LogP contribution in [-0.4, -0.2) is 5.78 Å². The van der Waals surface area contributed by atoms with E-state index in [1.165, 1.54) is 0 Å². The van der Waals surface area contributed by atoms with Gasteiger partial charge in [-0.05, 0) is 12.2 Å². The van der Waals surface area contributed by atoms with Gasteiger partial charge in [0, 0.05) is 21.1 Å². The molecule has 0 aliphatic rings. The van der Waals surface area contributed by atoms with Crippen molar-refractivity contribution in [2.45, 2.75) is 13.3 Å². The summed E-state index contributed by atoms with van der Waals surface area (Å²) in [6.07, 6.45) is 2.74. The first-order chi connectivity index (χ1) is 2.81. The molecule has 7 heavy (non-hydrogen) atoms. The van der Waals surface area contributed by atoms with E-state index in [4.69, 9.17) is 0 Å². The van der Waals surface area contributed by atoms with Gasteiger partial charge in [0.1, 0.15) is 0 Å². The van der Waals surface area contributed by atoms with Crippen LogP contribution >= 0.6 is 0 Å². The SMILES string of the molecule is C=[C-]C(=O)CC.[W]. The fourth-order valence-corrected chi connectivity index (χ4v) is 0.125. The molecule has 0 N–H and O–H groups in total. The van der Waals surface area contributed by atoms with Crippen LogP contribution in [0.5, 0.6) is 0 Å². The van der Waals surface area contributed by atoms with Crippen LogP contribution < -0.4 is 0 Å². The van der Waals surface area contributed by atoms with E-state index in [1.807, 2.05) is 0 Å². The minimum Gasteiger partial charge on any atom is -0.435 e. The zero-order valence-electron chi connectivity index (χ0n) is 4.23. The molecule has 0 aliphatic heterocycles. The maximum absolute atomic E-state index is 10.0. The van der Waals surface area contributed by atoms with Crippen molar-refractivity contribution in [2.24, 2.45) is 0 Å². The molecular weight excluding hydrogens is 260 g/mol. The molecule has 0 aromatic carbocycles. The summed E-state index contributed by atoms with van der Waals surface area (Å²) in [7, 11) is 0. The predicted octanol–water partition coefficient (Wildman–Crippen LogP) is 0.952. The zero-order valence-corrected chi connectivity index (χ0v) is 7.16. The molecule has 0 aliphatic carbocycles. The Morgan fingerprint density at radius 1 is 1.86 bits per heavy atom. The summed E-state index contributed by atoms with van der Waals surface area (Å²) in [5.74, 6) is -0.0185. The van der Waals surface area contributed by atoms with E-state index in [2.05, 4.69) is 12.7 Å². The molecule has 1 nitrogen and oxygen atoms in total. The maximum Gasteiger partial charge on any atom is 0 e. The quantitative estimate of drug-likeness (QED) is 0.537. The molecule has 0 radical (unpaired) electrons. The largest absolute Gasteiger partial charge is 0.435 e. The minimum atomic E-state index is -0.0185. The monoisotopic (exact) mass is 267 g/mol. The van der Waals surface area contributed by atoms with E-state index in [9.17, 15) is 4.79 Å². The molecule has 0 amide bonds. The third-order valence-electron chi connectivity index (χ3n) is 0.518. The van der Waals surface area contributed by atoms with E-state index >= 15 is 0 Å². The van der Waals surface area contributed by atoms with Crippen LogP contribution in [0.25, 0.3) is 0 Å². The molecular formula is C5H7OW-. The molecule has 0 atom stereocenters. The molecule has 0 rings (SSSR count). The first-order valence-corrected chi connectivity index (χ1v) is 1.87. The number of rotatable bonds is 2. The summed E-state index contributed by atoms with van der Waals surface area (Å²) >= 11 is 0. The average Bonchev–Trinajstić information content (AvgIpc) is 1.65. The van der Waals surface area contributed by atoms with Gasteiger partial charge in [-0.2, -0.15) is 0 Å². The second-order valence-electron chi connectivity index (χ2n) is 0.954. The number of hydrogen-bond acceptors (Lipinski definition) is 1. The van der Waals surface area contributed by atoms with Gasteiger partial charge in [-0.3, -0.25) is 6.58 Å². The molecule has 0 heterocycles. The van der Waals surface area contributed by atoms with Crippen LogP contribution in [0.3, 0.4) is 0 Å². The van der Waals surface area contributed by atoms with Crippen molar-refractivity contribution in [3.8, 4) is 0 Å². The predicted molar refractivity (Wildman–Crippen MR) is 24.2 cm³/mol. The second kappa shape index (κ2) is 6.10. The van der Waals surface area contributed by atoms with Crippen molar-refractivity contribution >= 4 is 5.78 Å². The second-order valence-corrected chi connectivity index (χ2v) is 0.954. The Balaban J connectivity index is 0. The van der Waals surface area contributed by atoms with Gasteiger partial charge in [0.05, 0.1) is 0 Å². The van der Waals surface area contributed by atoms with E-state index in [1.54, 1.807) is 6.92 Å². The topological polar surface area (TPSA) is 17.1 Å². The van der Waals surface area contributed by atoms with Gasteiger partial charge < -0.3 is 10.9 Å². The standard InChI is InChI=1S/C5H7O.W/c1-3-5(6)4-2;/h1,4H2,2H3;/q-1;. The zero-order chi connectivity index (χ0) is 4.99.